The number of hydrogen-bond acceptors (Lipinski definition) is 9. The molecule has 6 rings (SSSR count). The van der Waals surface area contributed by atoms with Crippen LogP contribution in [0.4, 0.5) is 9.59 Å². The Morgan fingerprint density at radius 3 is 2.45 bits per heavy atom. The number of nitrogens with one attached hydrogen (secondary N) is 4. The van der Waals surface area contributed by atoms with Crippen LogP contribution in [-0.4, -0.2) is 93.1 Å². The molecule has 55 heavy (non-hydrogen) atoms. The summed E-state index contributed by atoms with van der Waals surface area (Å²) in [6.45, 7) is 9.05. The minimum Gasteiger partial charge on any atom is -0.488 e. The summed E-state index contributed by atoms with van der Waals surface area (Å²) in [7, 11) is 2.53. The molecular formula is C40H48N8O7. The smallest absolute Gasteiger partial charge is 0.407 e. The van der Waals surface area contributed by atoms with Gasteiger partial charge in [0.15, 0.2) is 0 Å². The third-order valence-corrected chi connectivity index (χ3v) is 10.00. The number of aromatic amines is 2. The van der Waals surface area contributed by atoms with Crippen molar-refractivity contribution in [2.75, 3.05) is 27.3 Å². The van der Waals surface area contributed by atoms with E-state index >= 15 is 0 Å². The molecule has 4 amide bonds. The van der Waals surface area contributed by atoms with Crippen LogP contribution in [0.15, 0.2) is 48.7 Å². The van der Waals surface area contributed by atoms with Crippen molar-refractivity contribution in [2.24, 2.45) is 0 Å². The monoisotopic (exact) mass is 752 g/mol. The van der Waals surface area contributed by atoms with Crippen molar-refractivity contribution in [3.63, 3.8) is 0 Å². The van der Waals surface area contributed by atoms with Crippen LogP contribution in [0.25, 0.3) is 44.2 Å². The zero-order valence-corrected chi connectivity index (χ0v) is 32.1. The highest BCUT2D eigenvalue weighted by atomic mass is 16.5. The lowest BCUT2D eigenvalue weighted by Gasteiger charge is -2.28. The molecule has 0 aliphatic carbocycles. The zero-order chi connectivity index (χ0) is 39.2. The van der Waals surface area contributed by atoms with Crippen LogP contribution in [0.2, 0.25) is 0 Å². The average Bonchev–Trinajstić information content (AvgIpc) is 3.86. The Kier molecular flexibility index (Phi) is 11.9. The highest BCUT2D eigenvalue weighted by molar-refractivity contribution is 6.07. The number of H-pyrrole nitrogens is 2. The van der Waals surface area contributed by atoms with Crippen LogP contribution in [0.5, 0.6) is 5.75 Å². The van der Waals surface area contributed by atoms with Gasteiger partial charge < -0.3 is 44.6 Å². The van der Waals surface area contributed by atoms with Gasteiger partial charge >= 0.3 is 12.2 Å². The van der Waals surface area contributed by atoms with E-state index in [1.807, 2.05) is 45.9 Å². The third-order valence-electron chi connectivity index (χ3n) is 10.00. The Morgan fingerprint density at radius 2 is 1.73 bits per heavy atom. The molecule has 1 aliphatic rings. The molecule has 3 heterocycles. The van der Waals surface area contributed by atoms with Crippen LogP contribution in [-0.2, 0) is 38.8 Å². The van der Waals surface area contributed by atoms with Gasteiger partial charge in [-0.15, -0.1) is 0 Å². The molecule has 2 atom stereocenters. The molecule has 0 unspecified atom stereocenters. The third kappa shape index (κ3) is 8.35. The predicted octanol–water partition coefficient (Wildman–Crippen LogP) is 6.02. The predicted molar refractivity (Wildman–Crippen MR) is 207 cm³/mol. The summed E-state index contributed by atoms with van der Waals surface area (Å²) in [4.78, 5) is 69.4. The van der Waals surface area contributed by atoms with Gasteiger partial charge in [0.2, 0.25) is 11.8 Å². The molecule has 0 bridgehead atoms. The zero-order valence-electron chi connectivity index (χ0n) is 32.1. The van der Waals surface area contributed by atoms with Gasteiger partial charge in [-0.25, -0.2) is 19.6 Å². The second-order valence-corrected chi connectivity index (χ2v) is 13.6. The molecule has 0 radical (unpaired) electrons. The summed E-state index contributed by atoms with van der Waals surface area (Å²) in [6.07, 6.45) is 2.38. The first-order valence-electron chi connectivity index (χ1n) is 18.6. The Hall–Kier alpha value is -6.12. The van der Waals surface area contributed by atoms with Crippen molar-refractivity contribution in [3.05, 3.63) is 65.9 Å². The van der Waals surface area contributed by atoms with Crippen LogP contribution in [0.3, 0.4) is 0 Å². The Bertz CT molecular complexity index is 2210. The number of amides is 4. The molecule has 0 fully saturated rings. The average molecular weight is 753 g/mol. The number of ether oxygens (including phenoxy) is 3. The number of rotatable bonds is 14. The molecule has 15 heteroatoms. The van der Waals surface area contributed by atoms with Gasteiger partial charge in [-0.05, 0) is 72.5 Å². The van der Waals surface area contributed by atoms with Crippen LogP contribution in [0, 0.1) is 0 Å². The summed E-state index contributed by atoms with van der Waals surface area (Å²) in [5.74, 6) is 1.61. The van der Waals surface area contributed by atoms with E-state index in [9.17, 15) is 19.2 Å². The van der Waals surface area contributed by atoms with Gasteiger partial charge in [0.1, 0.15) is 36.6 Å². The maximum atomic E-state index is 13.4. The van der Waals surface area contributed by atoms with Crippen molar-refractivity contribution >= 4 is 45.8 Å². The highest BCUT2D eigenvalue weighted by Gasteiger charge is 2.27. The molecule has 0 saturated heterocycles. The van der Waals surface area contributed by atoms with E-state index < -0.39 is 18.2 Å². The number of imidazole rings is 2. The van der Waals surface area contributed by atoms with E-state index in [0.29, 0.717) is 31.2 Å². The minimum absolute atomic E-state index is 0.0626. The maximum Gasteiger partial charge on any atom is 0.407 e. The van der Waals surface area contributed by atoms with Crippen molar-refractivity contribution in [1.29, 1.82) is 0 Å². The van der Waals surface area contributed by atoms with E-state index in [2.05, 4.69) is 54.6 Å². The number of aromatic nitrogens is 4. The van der Waals surface area contributed by atoms with Gasteiger partial charge in [0, 0.05) is 23.5 Å². The Balaban J connectivity index is 1.22. The number of alkyl carbamates (subject to hydrolysis) is 2. The van der Waals surface area contributed by atoms with Crippen molar-refractivity contribution in [2.45, 2.75) is 78.7 Å². The SMILES string of the molecule is CCCN(Cc1nc2c(ccc3cc4c(cc32)OCc2cc(-c3cnc(CN(C(=O)CNC(=O)OC)[C@@H](C)CC)[nH]3)ccc2-4)[nH]1)C(=O)[C@H](CC)NC(=O)OC. The van der Waals surface area contributed by atoms with Gasteiger partial charge in [0.05, 0.1) is 50.2 Å². The topological polar surface area (TPSA) is 184 Å². The van der Waals surface area contributed by atoms with Gasteiger partial charge in [0.25, 0.3) is 0 Å². The highest BCUT2D eigenvalue weighted by Crippen LogP contribution is 2.42. The van der Waals surface area contributed by atoms with Crippen molar-refractivity contribution in [3.8, 4) is 28.1 Å². The molecule has 2 aromatic heterocycles. The molecular weight excluding hydrogens is 704 g/mol. The fourth-order valence-corrected chi connectivity index (χ4v) is 6.84. The second-order valence-electron chi connectivity index (χ2n) is 13.6. The summed E-state index contributed by atoms with van der Waals surface area (Å²) in [6, 6.07) is 13.7. The first-order valence-corrected chi connectivity index (χ1v) is 18.6. The summed E-state index contributed by atoms with van der Waals surface area (Å²) >= 11 is 0. The fourth-order valence-electron chi connectivity index (χ4n) is 6.84. The number of nitrogens with zero attached hydrogens (tertiary/aromatic N) is 4. The summed E-state index contributed by atoms with van der Waals surface area (Å²) in [5, 5.41) is 7.03. The maximum absolute atomic E-state index is 13.4. The van der Waals surface area contributed by atoms with Crippen LogP contribution < -0.4 is 15.4 Å². The molecule has 290 valence electrons. The van der Waals surface area contributed by atoms with E-state index in [1.165, 1.54) is 14.2 Å². The second kappa shape index (κ2) is 16.9. The van der Waals surface area contributed by atoms with Gasteiger partial charge in [-0.1, -0.05) is 39.0 Å². The lowest BCUT2D eigenvalue weighted by molar-refractivity contribution is -0.134. The number of methoxy groups -OCH3 is 2. The van der Waals surface area contributed by atoms with Crippen LogP contribution >= 0.6 is 0 Å². The molecule has 1 aliphatic heterocycles. The number of benzene rings is 3. The number of fused-ring (bicyclic) bond motifs is 6. The molecule has 0 spiro atoms. The van der Waals surface area contributed by atoms with E-state index in [0.717, 1.165) is 68.3 Å². The van der Waals surface area contributed by atoms with Crippen LogP contribution in [0.1, 0.15) is 64.2 Å². The van der Waals surface area contributed by atoms with Gasteiger partial charge in [-0.2, -0.15) is 0 Å². The minimum atomic E-state index is -0.699. The first kappa shape index (κ1) is 38.6. The normalized spacial score (nSPS) is 12.9. The summed E-state index contributed by atoms with van der Waals surface area (Å²) < 4.78 is 15.7. The van der Waals surface area contributed by atoms with E-state index in [4.69, 9.17) is 14.5 Å². The molecule has 3 aromatic carbocycles. The Labute approximate surface area is 319 Å². The Morgan fingerprint density at radius 1 is 0.927 bits per heavy atom. The van der Waals surface area contributed by atoms with Gasteiger partial charge in [-0.3, -0.25) is 9.59 Å². The number of carbonyl (C=O) groups is 4. The quantitative estimate of drug-likeness (QED) is 0.105. The van der Waals surface area contributed by atoms with E-state index in [-0.39, 0.29) is 37.5 Å². The van der Waals surface area contributed by atoms with E-state index in [1.54, 1.807) is 16.0 Å². The lowest BCUT2D eigenvalue weighted by atomic mass is 9.92. The lowest BCUT2D eigenvalue weighted by Crippen LogP contribution is -2.48. The standard InChI is InChI=1S/C40H48N8O7/c1-7-14-47(38(50)30(9-3)45-40(52)54-6)20-35-43-31-13-11-24-16-29-27-12-10-25(15-26(27)22-55-33(29)17-28(24)37(31)46-35)32-18-41-34(44-32)21-48(23(4)8-2)36(49)19-42-39(51)53-5/h10-13,15-18,23,30H,7-9,14,19-22H2,1-6H3,(H,41,44)(H,42,51)(H,43,46)(H,45,52)/t23-,30-/m0/s1. The fraction of sp³-hybridized carbons (Fsp3) is 0.400. The number of hydrogen-bond donors (Lipinski definition) is 4. The molecule has 0 saturated carbocycles. The number of carbonyl (C=O) groups excluding carboxylic acids is 4. The molecule has 5 aromatic rings. The molecule has 4 N–H and O–H groups in total. The summed E-state index contributed by atoms with van der Waals surface area (Å²) in [5.41, 5.74) is 6.46. The largest absolute Gasteiger partial charge is 0.488 e. The molecule has 15 nitrogen and oxygen atoms in total. The van der Waals surface area contributed by atoms with Crippen molar-refractivity contribution < 1.29 is 33.4 Å². The first-order chi connectivity index (χ1) is 26.6. The van der Waals surface area contributed by atoms with Crippen molar-refractivity contribution in [1.82, 2.24) is 40.4 Å².